The summed E-state index contributed by atoms with van der Waals surface area (Å²) in [6, 6.07) is 10.00. The van der Waals surface area contributed by atoms with E-state index >= 15 is 0 Å². The summed E-state index contributed by atoms with van der Waals surface area (Å²) in [4.78, 5) is 18.9. The lowest BCUT2D eigenvalue weighted by atomic mass is 10.2. The van der Waals surface area contributed by atoms with Crippen LogP contribution in [0.4, 0.5) is 17.7 Å². The Kier molecular flexibility index (Phi) is 4.66. The van der Waals surface area contributed by atoms with Gasteiger partial charge in [0, 0.05) is 25.9 Å². The lowest BCUT2D eigenvalue weighted by molar-refractivity contribution is 0.289. The number of aliphatic hydroxyl groups excluding tert-OH is 1. The molecule has 0 saturated carbocycles. The maximum absolute atomic E-state index is 9.15. The Balaban J connectivity index is 1.95. The molecule has 2 aromatic heterocycles. The predicted molar refractivity (Wildman–Crippen MR) is 93.1 cm³/mol. The van der Waals surface area contributed by atoms with Gasteiger partial charge in [0.1, 0.15) is 5.82 Å². The summed E-state index contributed by atoms with van der Waals surface area (Å²) in [5.74, 6) is 0.848. The molecule has 8 heteroatoms. The average Bonchev–Trinajstić information content (AvgIpc) is 2.58. The smallest absolute Gasteiger partial charge is 0.227 e. The third-order valence-corrected chi connectivity index (χ3v) is 3.57. The Morgan fingerprint density at radius 2 is 1.83 bits per heavy atom. The van der Waals surface area contributed by atoms with Gasteiger partial charge in [-0.2, -0.15) is 15.0 Å². The SMILES string of the molecule is Nc1nc(N)c2cnc(N(CCCO)Cc3ccccc3)nc2n1. The molecule has 0 radical (unpaired) electrons. The lowest BCUT2D eigenvalue weighted by Gasteiger charge is -2.22. The quantitative estimate of drug-likeness (QED) is 0.612. The van der Waals surface area contributed by atoms with E-state index in [4.69, 9.17) is 16.6 Å². The summed E-state index contributed by atoms with van der Waals surface area (Å²) in [5, 5.41) is 9.72. The van der Waals surface area contributed by atoms with Crippen molar-refractivity contribution in [3.8, 4) is 0 Å². The van der Waals surface area contributed by atoms with Crippen LogP contribution in [0, 0.1) is 0 Å². The van der Waals surface area contributed by atoms with Crippen LogP contribution in [0.2, 0.25) is 0 Å². The highest BCUT2D eigenvalue weighted by atomic mass is 16.3. The zero-order chi connectivity index (χ0) is 16.9. The molecule has 8 nitrogen and oxygen atoms in total. The van der Waals surface area contributed by atoms with Gasteiger partial charge < -0.3 is 21.5 Å². The normalized spacial score (nSPS) is 10.9. The topological polar surface area (TPSA) is 127 Å². The molecule has 3 rings (SSSR count). The molecule has 1 aromatic carbocycles. The molecular weight excluding hydrogens is 306 g/mol. The van der Waals surface area contributed by atoms with E-state index in [-0.39, 0.29) is 18.4 Å². The van der Waals surface area contributed by atoms with E-state index < -0.39 is 0 Å². The number of rotatable bonds is 6. The zero-order valence-corrected chi connectivity index (χ0v) is 13.1. The monoisotopic (exact) mass is 325 g/mol. The molecule has 0 aliphatic heterocycles. The number of fused-ring (bicyclic) bond motifs is 1. The molecule has 0 aliphatic rings. The van der Waals surface area contributed by atoms with Crippen LogP contribution >= 0.6 is 0 Å². The van der Waals surface area contributed by atoms with E-state index in [1.165, 1.54) is 0 Å². The van der Waals surface area contributed by atoms with E-state index in [1.54, 1.807) is 6.20 Å². The number of benzene rings is 1. The Morgan fingerprint density at radius 1 is 1.04 bits per heavy atom. The van der Waals surface area contributed by atoms with Crippen molar-refractivity contribution in [3.63, 3.8) is 0 Å². The second kappa shape index (κ2) is 7.05. The number of aromatic nitrogens is 4. The molecule has 5 N–H and O–H groups in total. The van der Waals surface area contributed by atoms with E-state index in [1.807, 2.05) is 35.2 Å². The molecule has 2 heterocycles. The van der Waals surface area contributed by atoms with Crippen LogP contribution in [-0.2, 0) is 6.54 Å². The highest BCUT2D eigenvalue weighted by Gasteiger charge is 2.13. The summed E-state index contributed by atoms with van der Waals surface area (Å²) in [6.45, 7) is 1.34. The minimum absolute atomic E-state index is 0.0783. The highest BCUT2D eigenvalue weighted by Crippen LogP contribution is 2.20. The minimum atomic E-state index is 0.0783. The number of nitrogen functional groups attached to an aromatic ring is 2. The number of hydrogen-bond acceptors (Lipinski definition) is 8. The number of anilines is 3. The number of hydrogen-bond donors (Lipinski definition) is 3. The molecular formula is C16H19N7O. The third kappa shape index (κ3) is 3.49. The Hall–Kier alpha value is -3.00. The van der Waals surface area contributed by atoms with E-state index in [0.29, 0.717) is 36.5 Å². The first-order valence-corrected chi connectivity index (χ1v) is 7.63. The van der Waals surface area contributed by atoms with Gasteiger partial charge in [0.15, 0.2) is 5.65 Å². The van der Waals surface area contributed by atoms with Crippen LogP contribution in [0.25, 0.3) is 11.0 Å². The van der Waals surface area contributed by atoms with Crippen molar-refractivity contribution in [1.82, 2.24) is 19.9 Å². The zero-order valence-electron chi connectivity index (χ0n) is 13.1. The molecule has 124 valence electrons. The largest absolute Gasteiger partial charge is 0.396 e. The highest BCUT2D eigenvalue weighted by molar-refractivity contribution is 5.85. The maximum atomic E-state index is 9.15. The first-order valence-electron chi connectivity index (χ1n) is 7.63. The van der Waals surface area contributed by atoms with Crippen LogP contribution in [0.5, 0.6) is 0 Å². The standard InChI is InChI=1S/C16H19N7O/c17-13-12-9-19-16(22-14(12)21-15(18)20-13)23(7-4-8-24)10-11-5-2-1-3-6-11/h1-3,5-6,9,24H,4,7-8,10H2,(H4,17,18,19,20,21,22). The van der Waals surface area contributed by atoms with Gasteiger partial charge in [0.2, 0.25) is 11.9 Å². The van der Waals surface area contributed by atoms with E-state index in [0.717, 1.165) is 5.56 Å². The van der Waals surface area contributed by atoms with Crippen molar-refractivity contribution in [1.29, 1.82) is 0 Å². The Morgan fingerprint density at radius 3 is 2.58 bits per heavy atom. The van der Waals surface area contributed by atoms with Crippen molar-refractivity contribution in [3.05, 3.63) is 42.1 Å². The van der Waals surface area contributed by atoms with E-state index in [9.17, 15) is 0 Å². The maximum Gasteiger partial charge on any atom is 0.227 e. The first-order chi connectivity index (χ1) is 11.7. The van der Waals surface area contributed by atoms with Crippen LogP contribution in [0.1, 0.15) is 12.0 Å². The molecule has 0 atom stereocenters. The fraction of sp³-hybridized carbons (Fsp3) is 0.250. The molecule has 0 fully saturated rings. The summed E-state index contributed by atoms with van der Waals surface area (Å²) in [5.41, 5.74) is 13.0. The average molecular weight is 325 g/mol. The van der Waals surface area contributed by atoms with Crippen molar-refractivity contribution in [2.24, 2.45) is 0 Å². The second-order valence-electron chi connectivity index (χ2n) is 5.36. The van der Waals surface area contributed by atoms with Gasteiger partial charge in [-0.15, -0.1) is 0 Å². The minimum Gasteiger partial charge on any atom is -0.396 e. The van der Waals surface area contributed by atoms with E-state index in [2.05, 4.69) is 19.9 Å². The Labute approximate surface area is 139 Å². The molecule has 0 unspecified atom stereocenters. The summed E-state index contributed by atoms with van der Waals surface area (Å²) in [7, 11) is 0. The molecule has 3 aromatic rings. The predicted octanol–water partition coefficient (Wildman–Crippen LogP) is 0.973. The fourth-order valence-electron chi connectivity index (χ4n) is 2.41. The van der Waals surface area contributed by atoms with Gasteiger partial charge in [0.05, 0.1) is 5.39 Å². The fourth-order valence-corrected chi connectivity index (χ4v) is 2.41. The molecule has 0 saturated heterocycles. The van der Waals surface area contributed by atoms with Crippen LogP contribution < -0.4 is 16.4 Å². The van der Waals surface area contributed by atoms with Crippen LogP contribution in [0.3, 0.4) is 0 Å². The number of aliphatic hydroxyl groups is 1. The summed E-state index contributed by atoms with van der Waals surface area (Å²) in [6.07, 6.45) is 2.21. The van der Waals surface area contributed by atoms with Gasteiger partial charge in [-0.1, -0.05) is 30.3 Å². The van der Waals surface area contributed by atoms with Crippen LogP contribution in [0.15, 0.2) is 36.5 Å². The van der Waals surface area contributed by atoms with Crippen molar-refractivity contribution in [2.75, 3.05) is 29.5 Å². The molecule has 0 bridgehead atoms. The lowest BCUT2D eigenvalue weighted by Crippen LogP contribution is -2.26. The van der Waals surface area contributed by atoms with Gasteiger partial charge in [0.25, 0.3) is 0 Å². The number of nitrogens with zero attached hydrogens (tertiary/aromatic N) is 5. The Bertz CT molecular complexity index is 825. The summed E-state index contributed by atoms with van der Waals surface area (Å²) >= 11 is 0. The van der Waals surface area contributed by atoms with Crippen molar-refractivity contribution >= 4 is 28.7 Å². The molecule has 0 aliphatic carbocycles. The van der Waals surface area contributed by atoms with Gasteiger partial charge in [-0.3, -0.25) is 0 Å². The van der Waals surface area contributed by atoms with Gasteiger partial charge >= 0.3 is 0 Å². The second-order valence-corrected chi connectivity index (χ2v) is 5.36. The third-order valence-electron chi connectivity index (χ3n) is 3.57. The number of nitrogens with two attached hydrogens (primary N) is 2. The summed E-state index contributed by atoms with van der Waals surface area (Å²) < 4.78 is 0. The van der Waals surface area contributed by atoms with Gasteiger partial charge in [-0.25, -0.2) is 4.98 Å². The molecule has 0 amide bonds. The van der Waals surface area contributed by atoms with Gasteiger partial charge in [-0.05, 0) is 12.0 Å². The molecule has 0 spiro atoms. The van der Waals surface area contributed by atoms with Crippen LogP contribution in [-0.4, -0.2) is 38.2 Å². The molecule has 24 heavy (non-hydrogen) atoms. The first kappa shape index (κ1) is 15.9. The van der Waals surface area contributed by atoms with Crippen molar-refractivity contribution in [2.45, 2.75) is 13.0 Å². The van der Waals surface area contributed by atoms with Crippen molar-refractivity contribution < 1.29 is 5.11 Å².